The molecule has 1 unspecified atom stereocenters. The number of alkyl carbamates (subject to hydrolysis) is 1. The first-order chi connectivity index (χ1) is 10.6. The highest BCUT2D eigenvalue weighted by molar-refractivity contribution is 5.68. The zero-order valence-corrected chi connectivity index (χ0v) is 11.6. The van der Waals surface area contributed by atoms with Gasteiger partial charge in [-0.1, -0.05) is 30.3 Å². The number of amides is 1. The maximum Gasteiger partial charge on any atom is 0.408 e. The minimum Gasteiger partial charge on any atom is -0.445 e. The Morgan fingerprint density at radius 1 is 1.18 bits per heavy atom. The van der Waals surface area contributed by atoms with Gasteiger partial charge in [0.15, 0.2) is 0 Å². The number of nitrogens with one attached hydrogen (secondary N) is 1. The van der Waals surface area contributed by atoms with Crippen molar-refractivity contribution in [3.63, 3.8) is 0 Å². The van der Waals surface area contributed by atoms with Crippen LogP contribution in [0, 0.1) is 11.6 Å². The van der Waals surface area contributed by atoms with Crippen LogP contribution in [0.5, 0.6) is 0 Å². The molecule has 4 nitrogen and oxygen atoms in total. The molecule has 0 aromatic heterocycles. The van der Waals surface area contributed by atoms with E-state index in [0.29, 0.717) is 0 Å². The van der Waals surface area contributed by atoms with Crippen LogP contribution in [-0.2, 0) is 11.3 Å². The normalized spacial score (nSPS) is 11.8. The fourth-order valence-corrected chi connectivity index (χ4v) is 1.91. The van der Waals surface area contributed by atoms with Crippen molar-refractivity contribution in [3.8, 4) is 0 Å². The predicted octanol–water partition coefficient (Wildman–Crippen LogP) is 2.92. The summed E-state index contributed by atoms with van der Waals surface area (Å²) in [6.07, 6.45) is -0.827. The molecule has 0 aliphatic rings. The summed E-state index contributed by atoms with van der Waals surface area (Å²) in [7, 11) is 0. The fourth-order valence-electron chi connectivity index (χ4n) is 1.91. The average Bonchev–Trinajstić information content (AvgIpc) is 2.54. The Kier molecular flexibility index (Phi) is 5.43. The van der Waals surface area contributed by atoms with Crippen LogP contribution in [0.25, 0.3) is 0 Å². The first kappa shape index (κ1) is 15.9. The van der Waals surface area contributed by atoms with Crippen LogP contribution in [0.15, 0.2) is 48.5 Å². The molecular weight excluding hydrogens is 292 g/mol. The number of halogens is 2. The molecule has 0 aliphatic heterocycles. The van der Waals surface area contributed by atoms with Crippen molar-refractivity contribution in [1.29, 1.82) is 0 Å². The Balaban J connectivity index is 1.97. The van der Waals surface area contributed by atoms with E-state index >= 15 is 0 Å². The Bertz CT molecular complexity index is 635. The van der Waals surface area contributed by atoms with E-state index in [1.54, 1.807) is 24.3 Å². The third-order valence-corrected chi connectivity index (χ3v) is 3.02. The second-order valence-corrected chi connectivity index (χ2v) is 4.61. The van der Waals surface area contributed by atoms with E-state index in [0.717, 1.165) is 23.8 Å². The largest absolute Gasteiger partial charge is 0.445 e. The summed E-state index contributed by atoms with van der Waals surface area (Å²) in [5.74, 6) is -1.38. The van der Waals surface area contributed by atoms with Crippen molar-refractivity contribution < 1.29 is 23.4 Å². The predicted molar refractivity (Wildman–Crippen MR) is 75.9 cm³/mol. The molecule has 0 heterocycles. The van der Waals surface area contributed by atoms with Crippen LogP contribution in [-0.4, -0.2) is 17.8 Å². The Morgan fingerprint density at radius 2 is 1.91 bits per heavy atom. The maximum absolute atomic E-state index is 13.6. The summed E-state index contributed by atoms with van der Waals surface area (Å²) in [5.41, 5.74) is 0.647. The van der Waals surface area contributed by atoms with Crippen LogP contribution in [0.4, 0.5) is 13.6 Å². The lowest BCUT2D eigenvalue weighted by Gasteiger charge is -2.17. The highest BCUT2D eigenvalue weighted by Gasteiger charge is 2.19. The monoisotopic (exact) mass is 307 g/mol. The molecule has 0 radical (unpaired) electrons. The number of aliphatic hydroxyl groups is 1. The first-order valence-electron chi connectivity index (χ1n) is 6.63. The van der Waals surface area contributed by atoms with E-state index in [1.165, 1.54) is 0 Å². The van der Waals surface area contributed by atoms with Gasteiger partial charge in [0.25, 0.3) is 0 Å². The zero-order valence-electron chi connectivity index (χ0n) is 11.6. The molecule has 1 amide bonds. The molecule has 0 aliphatic carbocycles. The molecule has 2 rings (SSSR count). The first-order valence-corrected chi connectivity index (χ1v) is 6.63. The van der Waals surface area contributed by atoms with Crippen molar-refractivity contribution in [3.05, 3.63) is 71.3 Å². The second-order valence-electron chi connectivity index (χ2n) is 4.61. The second kappa shape index (κ2) is 7.51. The van der Waals surface area contributed by atoms with E-state index in [-0.39, 0.29) is 12.2 Å². The van der Waals surface area contributed by atoms with E-state index in [1.807, 2.05) is 6.07 Å². The van der Waals surface area contributed by atoms with E-state index in [2.05, 4.69) is 5.32 Å². The SMILES string of the molecule is O=C(NC(CO)c1cc(F)ccc1F)OCc1ccccc1. The molecule has 1 atom stereocenters. The van der Waals surface area contributed by atoms with Crippen molar-refractivity contribution in [1.82, 2.24) is 5.32 Å². The van der Waals surface area contributed by atoms with Crippen LogP contribution < -0.4 is 5.32 Å². The lowest BCUT2D eigenvalue weighted by molar-refractivity contribution is 0.129. The van der Waals surface area contributed by atoms with Crippen LogP contribution in [0.2, 0.25) is 0 Å². The number of aliphatic hydroxyl groups excluding tert-OH is 1. The number of benzene rings is 2. The minimum absolute atomic E-state index is 0.0381. The molecule has 2 aromatic carbocycles. The van der Waals surface area contributed by atoms with Gasteiger partial charge in [0.05, 0.1) is 12.6 Å². The van der Waals surface area contributed by atoms with Gasteiger partial charge in [-0.15, -0.1) is 0 Å². The maximum atomic E-state index is 13.6. The summed E-state index contributed by atoms with van der Waals surface area (Å²) in [6, 6.07) is 10.7. The van der Waals surface area contributed by atoms with Gasteiger partial charge >= 0.3 is 6.09 Å². The number of ether oxygens (including phenoxy) is 1. The van der Waals surface area contributed by atoms with Gasteiger partial charge in [-0.3, -0.25) is 0 Å². The molecule has 6 heteroatoms. The highest BCUT2D eigenvalue weighted by Crippen LogP contribution is 2.18. The van der Waals surface area contributed by atoms with Crippen LogP contribution in [0.1, 0.15) is 17.2 Å². The number of hydrogen-bond donors (Lipinski definition) is 2. The Labute approximate surface area is 126 Å². The van der Waals surface area contributed by atoms with Gasteiger partial charge in [0.2, 0.25) is 0 Å². The van der Waals surface area contributed by atoms with Crippen LogP contribution >= 0.6 is 0 Å². The fraction of sp³-hybridized carbons (Fsp3) is 0.188. The minimum atomic E-state index is -1.08. The summed E-state index contributed by atoms with van der Waals surface area (Å²) < 4.78 is 31.8. The van der Waals surface area contributed by atoms with Crippen molar-refractivity contribution in [2.75, 3.05) is 6.61 Å². The molecule has 2 aromatic rings. The van der Waals surface area contributed by atoms with Crippen molar-refractivity contribution in [2.24, 2.45) is 0 Å². The van der Waals surface area contributed by atoms with E-state index in [9.17, 15) is 18.7 Å². The molecule has 0 saturated carbocycles. The molecule has 0 spiro atoms. The standard InChI is InChI=1S/C16H15F2NO3/c17-12-6-7-14(18)13(8-12)15(9-20)19-16(21)22-10-11-4-2-1-3-5-11/h1-8,15,20H,9-10H2,(H,19,21). The lowest BCUT2D eigenvalue weighted by Crippen LogP contribution is -2.32. The lowest BCUT2D eigenvalue weighted by atomic mass is 10.1. The van der Waals surface area contributed by atoms with Crippen molar-refractivity contribution in [2.45, 2.75) is 12.6 Å². The molecule has 0 saturated heterocycles. The summed E-state index contributed by atoms with van der Waals surface area (Å²) >= 11 is 0. The average molecular weight is 307 g/mol. The number of carbonyl (C=O) groups is 1. The smallest absolute Gasteiger partial charge is 0.408 e. The quantitative estimate of drug-likeness (QED) is 0.893. The van der Waals surface area contributed by atoms with Gasteiger partial charge in [0, 0.05) is 5.56 Å². The van der Waals surface area contributed by atoms with Gasteiger partial charge < -0.3 is 15.2 Å². The van der Waals surface area contributed by atoms with Crippen molar-refractivity contribution >= 4 is 6.09 Å². The van der Waals surface area contributed by atoms with Crippen LogP contribution in [0.3, 0.4) is 0 Å². The molecule has 0 fully saturated rings. The van der Waals surface area contributed by atoms with Gasteiger partial charge in [-0.05, 0) is 23.8 Å². The highest BCUT2D eigenvalue weighted by atomic mass is 19.1. The molecule has 22 heavy (non-hydrogen) atoms. The third-order valence-electron chi connectivity index (χ3n) is 3.02. The van der Waals surface area contributed by atoms with Gasteiger partial charge in [0.1, 0.15) is 18.2 Å². The molecular formula is C16H15F2NO3. The Hall–Kier alpha value is -2.47. The van der Waals surface area contributed by atoms with Gasteiger partial charge in [-0.2, -0.15) is 0 Å². The Morgan fingerprint density at radius 3 is 2.59 bits per heavy atom. The molecule has 0 bridgehead atoms. The van der Waals surface area contributed by atoms with E-state index in [4.69, 9.17) is 4.74 Å². The van der Waals surface area contributed by atoms with E-state index < -0.39 is 30.4 Å². The number of hydrogen-bond acceptors (Lipinski definition) is 3. The zero-order chi connectivity index (χ0) is 15.9. The topological polar surface area (TPSA) is 58.6 Å². The molecule has 2 N–H and O–H groups in total. The summed E-state index contributed by atoms with van der Waals surface area (Å²) in [5, 5.41) is 11.6. The molecule has 116 valence electrons. The third kappa shape index (κ3) is 4.26. The number of rotatable bonds is 5. The van der Waals surface area contributed by atoms with Gasteiger partial charge in [-0.25, -0.2) is 13.6 Å². The summed E-state index contributed by atoms with van der Waals surface area (Å²) in [4.78, 5) is 11.7. The number of carbonyl (C=O) groups excluding carboxylic acids is 1. The summed E-state index contributed by atoms with van der Waals surface area (Å²) in [6.45, 7) is -0.544.